The van der Waals surface area contributed by atoms with E-state index in [4.69, 9.17) is 9.47 Å². The zero-order valence-corrected chi connectivity index (χ0v) is 42.0. The monoisotopic (exact) mass is 996 g/mol. The van der Waals surface area contributed by atoms with Gasteiger partial charge in [0.05, 0.1) is 0 Å². The number of ether oxygens (including phenoxy) is 2. The van der Waals surface area contributed by atoms with E-state index in [0.717, 1.165) is 10.5 Å². The summed E-state index contributed by atoms with van der Waals surface area (Å²) >= 11 is 0. The summed E-state index contributed by atoms with van der Waals surface area (Å²) in [5.74, 6) is -7.99. The lowest BCUT2D eigenvalue weighted by Crippen LogP contribution is -2.65. The molecule has 7 N–H and O–H groups in total. The highest BCUT2D eigenvalue weighted by atomic mass is 16.6. The van der Waals surface area contributed by atoms with Gasteiger partial charge >= 0.3 is 12.1 Å². The number of hydrogen-bond acceptors (Lipinski definition) is 12. The van der Waals surface area contributed by atoms with Crippen LogP contribution in [-0.4, -0.2) is 136 Å². The van der Waals surface area contributed by atoms with Crippen LogP contribution in [0.25, 0.3) is 0 Å². The lowest BCUT2D eigenvalue weighted by atomic mass is 9.95. The van der Waals surface area contributed by atoms with Gasteiger partial charge in [0.25, 0.3) is 0 Å². The summed E-state index contributed by atoms with van der Waals surface area (Å²) in [5.41, 5.74) is 2.02. The first kappa shape index (κ1) is 55.6. The summed E-state index contributed by atoms with van der Waals surface area (Å²) in [6.07, 6.45) is -4.03. The van der Waals surface area contributed by atoms with Gasteiger partial charge in [0.15, 0.2) is 0 Å². The van der Waals surface area contributed by atoms with Gasteiger partial charge in [-0.2, -0.15) is 0 Å². The molecule has 2 bridgehead atoms. The maximum absolute atomic E-state index is 15.0. The second-order valence-corrected chi connectivity index (χ2v) is 19.0. The summed E-state index contributed by atoms with van der Waals surface area (Å²) in [7, 11) is 1.40. The number of likely N-dealkylation sites (N-methyl/N-ethyl adjacent to an activating group) is 1. The summed E-state index contributed by atoms with van der Waals surface area (Å²) in [6.45, 7) is 10.5. The molecule has 0 spiro atoms. The second-order valence-electron chi connectivity index (χ2n) is 19.0. The third-order valence-electron chi connectivity index (χ3n) is 12.7. The quantitative estimate of drug-likeness (QED) is 0.121. The van der Waals surface area contributed by atoms with Crippen LogP contribution in [0.2, 0.25) is 0 Å². The number of aliphatic hydroxyl groups excluding tert-OH is 1. The third-order valence-corrected chi connectivity index (χ3v) is 12.7. The van der Waals surface area contributed by atoms with E-state index in [-0.39, 0.29) is 32.3 Å². The van der Waals surface area contributed by atoms with Crippen molar-refractivity contribution in [3.05, 3.63) is 108 Å². The van der Waals surface area contributed by atoms with Crippen molar-refractivity contribution in [2.24, 2.45) is 11.8 Å². The molecule has 2 saturated heterocycles. The summed E-state index contributed by atoms with van der Waals surface area (Å²) in [6, 6.07) is 15.6. The Balaban J connectivity index is 1.48. The Hall–Kier alpha value is -7.35. The molecule has 5 rings (SSSR count). The van der Waals surface area contributed by atoms with E-state index in [1.807, 2.05) is 0 Å². The number of esters is 1. The number of carbonyl (C=O) groups excluding carboxylic acids is 9. The SMILES string of the molecule is CC(NC(=O)OCc1ccccc1)C(=O)N[C@@H](C)C(=O)N[C@@H]1C(=O)N[C@@H](C(C)C)C(=O)N[C@H]2CC[C@@H](O)N(C2=O)[C@@H](Cc2ccccc2)C(=O)N(C)[C@@H](Cc2ccccc2)C(=O)N[C@@H](C(C)C)C(=O)O[C@@H]1C. The molecule has 20 nitrogen and oxygen atoms in total. The van der Waals surface area contributed by atoms with Crippen molar-refractivity contribution in [3.8, 4) is 0 Å². The van der Waals surface area contributed by atoms with E-state index >= 15 is 4.79 Å². The first-order valence-electron chi connectivity index (χ1n) is 24.2. The maximum atomic E-state index is 15.0. The van der Waals surface area contributed by atoms with Crippen LogP contribution in [0.15, 0.2) is 91.0 Å². The van der Waals surface area contributed by atoms with E-state index in [2.05, 4.69) is 31.9 Å². The van der Waals surface area contributed by atoms with Gasteiger partial charge < -0.3 is 56.3 Å². The standard InChI is InChI=1S/C52H68N8O12/c1-29(2)41-47(65)55-37-24-25-40(61)60(49(37)67)39(27-35-20-14-10-15-21-35)50(68)59(8)38(26-34-18-12-9-13-19-34)46(64)57-42(30(3)4)51(69)72-33(7)43(48(66)56-41)58-45(63)31(5)53-44(62)32(6)54-52(70)71-28-36-22-16-11-17-23-36/h9-23,29-33,37-43,61H,24-28H2,1-8H3,(H,53,62)(H,54,70)(H,55,65)(H,56,66)(H,57,64)(H,58,63)/t31-,32?,33+,37-,38-,39-,40+,41-,42-,43-/m0/s1. The number of aliphatic hydroxyl groups is 1. The highest BCUT2D eigenvalue weighted by molar-refractivity contribution is 5.98. The molecule has 20 heteroatoms. The second kappa shape index (κ2) is 25.7. The fourth-order valence-corrected chi connectivity index (χ4v) is 8.37. The fourth-order valence-electron chi connectivity index (χ4n) is 8.37. The first-order valence-corrected chi connectivity index (χ1v) is 24.2. The molecule has 0 saturated carbocycles. The average molecular weight is 997 g/mol. The largest absolute Gasteiger partial charge is 0.458 e. The van der Waals surface area contributed by atoms with Crippen molar-refractivity contribution in [1.82, 2.24) is 41.7 Å². The van der Waals surface area contributed by atoms with Gasteiger partial charge in [0, 0.05) is 19.9 Å². The van der Waals surface area contributed by atoms with Gasteiger partial charge in [0.2, 0.25) is 41.4 Å². The Labute approximate surface area is 419 Å². The first-order chi connectivity index (χ1) is 34.2. The molecule has 0 aromatic heterocycles. The maximum Gasteiger partial charge on any atom is 0.408 e. The Kier molecular flexibility index (Phi) is 19.8. The molecular weight excluding hydrogens is 929 g/mol. The van der Waals surface area contributed by atoms with E-state index in [1.54, 1.807) is 119 Å². The zero-order valence-electron chi connectivity index (χ0n) is 42.0. The topological polar surface area (TPSA) is 271 Å². The molecule has 2 fully saturated rings. The number of alkyl carbamates (subject to hydrolysis) is 1. The lowest BCUT2D eigenvalue weighted by molar-refractivity contribution is -0.165. The van der Waals surface area contributed by atoms with Gasteiger partial charge in [-0.1, -0.05) is 119 Å². The van der Waals surface area contributed by atoms with Gasteiger partial charge in [-0.15, -0.1) is 0 Å². The summed E-state index contributed by atoms with van der Waals surface area (Å²) in [5, 5.41) is 27.0. The Morgan fingerprint density at radius 1 is 0.653 bits per heavy atom. The molecule has 3 aromatic carbocycles. The number of nitrogens with zero attached hydrogens (tertiary/aromatic N) is 2. The minimum Gasteiger partial charge on any atom is -0.458 e. The van der Waals surface area contributed by atoms with Crippen LogP contribution < -0.4 is 31.9 Å². The van der Waals surface area contributed by atoms with Crippen LogP contribution in [0.4, 0.5) is 4.79 Å². The smallest absolute Gasteiger partial charge is 0.408 e. The predicted molar refractivity (Wildman–Crippen MR) is 263 cm³/mol. The Morgan fingerprint density at radius 3 is 1.72 bits per heavy atom. The van der Waals surface area contributed by atoms with Crippen molar-refractivity contribution in [3.63, 3.8) is 0 Å². The van der Waals surface area contributed by atoms with Crippen LogP contribution in [-0.2, 0) is 67.3 Å². The van der Waals surface area contributed by atoms with Gasteiger partial charge in [-0.05, 0) is 62.1 Å². The number of cyclic esters (lactones) is 1. The molecule has 388 valence electrons. The number of nitrogens with one attached hydrogen (secondary N) is 6. The molecule has 3 aromatic rings. The van der Waals surface area contributed by atoms with E-state index in [0.29, 0.717) is 11.1 Å². The van der Waals surface area contributed by atoms with Crippen LogP contribution >= 0.6 is 0 Å². The van der Waals surface area contributed by atoms with E-state index < -0.39 is 126 Å². The number of benzene rings is 3. The molecule has 0 aliphatic carbocycles. The van der Waals surface area contributed by atoms with Crippen molar-refractivity contribution < 1.29 is 57.7 Å². The van der Waals surface area contributed by atoms with Crippen LogP contribution in [0.1, 0.15) is 78.0 Å². The lowest BCUT2D eigenvalue weighted by Gasteiger charge is -2.43. The van der Waals surface area contributed by atoms with Crippen LogP contribution in [0.5, 0.6) is 0 Å². The molecular formula is C52H68N8O12. The highest BCUT2D eigenvalue weighted by Gasteiger charge is 2.46. The zero-order chi connectivity index (χ0) is 52.8. The molecule has 72 heavy (non-hydrogen) atoms. The number of carbonyl (C=O) groups is 9. The summed E-state index contributed by atoms with van der Waals surface area (Å²) in [4.78, 5) is 129. The number of amides is 8. The molecule has 2 aliphatic heterocycles. The van der Waals surface area contributed by atoms with Crippen LogP contribution in [0.3, 0.4) is 0 Å². The van der Waals surface area contributed by atoms with Crippen molar-refractivity contribution in [2.45, 2.75) is 141 Å². The minimum atomic E-state index is -1.72. The fraction of sp³-hybridized carbons (Fsp3) is 0.481. The van der Waals surface area contributed by atoms with Crippen LogP contribution in [0, 0.1) is 11.8 Å². The number of piperidine rings is 1. The average Bonchev–Trinajstić information content (AvgIpc) is 3.35. The van der Waals surface area contributed by atoms with E-state index in [1.165, 1.54) is 32.7 Å². The number of hydrogen-bond donors (Lipinski definition) is 7. The normalized spacial score (nSPS) is 24.5. The van der Waals surface area contributed by atoms with E-state index in [9.17, 15) is 43.5 Å². The molecule has 0 radical (unpaired) electrons. The molecule has 8 amide bonds. The number of fused-ring (bicyclic) bond motifs is 2. The molecule has 2 aliphatic rings. The van der Waals surface area contributed by atoms with Crippen molar-refractivity contribution >= 4 is 53.4 Å². The van der Waals surface area contributed by atoms with Crippen molar-refractivity contribution in [1.29, 1.82) is 0 Å². The molecule has 10 atom stereocenters. The Morgan fingerprint density at radius 2 is 1.17 bits per heavy atom. The van der Waals surface area contributed by atoms with Gasteiger partial charge in [-0.3, -0.25) is 33.6 Å². The third kappa shape index (κ3) is 14.8. The summed E-state index contributed by atoms with van der Waals surface area (Å²) < 4.78 is 11.1. The van der Waals surface area contributed by atoms with Gasteiger partial charge in [-0.25, -0.2) is 9.59 Å². The predicted octanol–water partition coefficient (Wildman–Crippen LogP) is 1.62. The van der Waals surface area contributed by atoms with Crippen molar-refractivity contribution in [2.75, 3.05) is 7.05 Å². The minimum absolute atomic E-state index is 0.0308. The molecule has 1 unspecified atom stereocenters. The molecule has 2 heterocycles. The van der Waals surface area contributed by atoms with Gasteiger partial charge in [0.1, 0.15) is 67.3 Å². The number of rotatable bonds is 13. The Bertz CT molecular complexity index is 2390. The highest BCUT2D eigenvalue weighted by Crippen LogP contribution is 2.25.